The summed E-state index contributed by atoms with van der Waals surface area (Å²) in [5.41, 5.74) is 3.09. The fraction of sp³-hybridized carbons (Fsp3) is 0.250. The molecule has 5 N–H and O–H groups in total. The molecule has 2 amide bonds. The van der Waals surface area contributed by atoms with Gasteiger partial charge in [0.1, 0.15) is 11.4 Å². The van der Waals surface area contributed by atoms with E-state index >= 15 is 0 Å². The molecule has 0 saturated heterocycles. The van der Waals surface area contributed by atoms with Crippen LogP contribution < -0.4 is 21.7 Å². The van der Waals surface area contributed by atoms with Crippen LogP contribution in [0.2, 0.25) is 0 Å². The third-order valence-corrected chi connectivity index (χ3v) is 5.46. The summed E-state index contributed by atoms with van der Waals surface area (Å²) in [6, 6.07) is 4.99. The smallest absolute Gasteiger partial charge is 0.404 e. The number of nitrogens with one attached hydrogen (secondary N) is 3. The van der Waals surface area contributed by atoms with Crippen LogP contribution in [0.4, 0.5) is 28.9 Å². The molecule has 190 valence electrons. The average Bonchev–Trinajstić information content (AvgIpc) is 3.61. The second kappa shape index (κ2) is 10.6. The first kappa shape index (κ1) is 26.4. The van der Waals surface area contributed by atoms with Crippen LogP contribution >= 0.6 is 0 Å². The number of aromatic nitrogens is 1. The van der Waals surface area contributed by atoms with Crippen molar-refractivity contribution >= 4 is 29.4 Å². The number of carbonyl (C=O) groups excluding carboxylic acids is 2. The lowest BCUT2D eigenvalue weighted by atomic mass is 10.1. The minimum Gasteiger partial charge on any atom is -0.404 e. The van der Waals surface area contributed by atoms with Gasteiger partial charge in [-0.05, 0) is 44.0 Å². The third-order valence-electron chi connectivity index (χ3n) is 5.46. The van der Waals surface area contributed by atoms with Crippen molar-refractivity contribution in [1.29, 1.82) is 0 Å². The highest BCUT2D eigenvalue weighted by Crippen LogP contribution is 2.38. The number of carbonyl (C=O) groups is 2. The fourth-order valence-electron chi connectivity index (χ4n) is 3.31. The zero-order valence-electron chi connectivity index (χ0n) is 19.2. The minimum atomic E-state index is -4.75. The van der Waals surface area contributed by atoms with E-state index in [0.29, 0.717) is 18.5 Å². The highest BCUT2D eigenvalue weighted by molar-refractivity contribution is 6.13. The summed E-state index contributed by atoms with van der Waals surface area (Å²) < 4.78 is 53.7. The molecule has 1 aromatic heterocycles. The minimum absolute atomic E-state index is 0.0651. The van der Waals surface area contributed by atoms with Gasteiger partial charge in [0.25, 0.3) is 5.91 Å². The van der Waals surface area contributed by atoms with Gasteiger partial charge in [-0.1, -0.05) is 12.6 Å². The normalized spacial score (nSPS) is 15.8. The van der Waals surface area contributed by atoms with E-state index in [-0.39, 0.29) is 11.3 Å². The fourth-order valence-corrected chi connectivity index (χ4v) is 3.31. The molecule has 3 rings (SSSR count). The van der Waals surface area contributed by atoms with Crippen molar-refractivity contribution in [2.45, 2.75) is 37.5 Å². The highest BCUT2D eigenvalue weighted by atomic mass is 19.4. The Morgan fingerprint density at radius 1 is 1.25 bits per heavy atom. The zero-order valence-corrected chi connectivity index (χ0v) is 19.2. The maximum absolute atomic E-state index is 14.1. The summed E-state index contributed by atoms with van der Waals surface area (Å²) >= 11 is 0. The molecule has 36 heavy (non-hydrogen) atoms. The Kier molecular flexibility index (Phi) is 7.76. The van der Waals surface area contributed by atoms with Crippen LogP contribution in [0.3, 0.4) is 0 Å². The van der Waals surface area contributed by atoms with Gasteiger partial charge in [0.05, 0.1) is 40.4 Å². The van der Waals surface area contributed by atoms with Crippen LogP contribution in [0.25, 0.3) is 0 Å². The second-order valence-electron chi connectivity index (χ2n) is 8.07. The maximum Gasteiger partial charge on any atom is 0.418 e. The number of nitrogens with zero attached hydrogens (tertiary/aromatic N) is 2. The lowest BCUT2D eigenvalue weighted by Crippen LogP contribution is -2.50. The van der Waals surface area contributed by atoms with Gasteiger partial charge in [-0.15, -0.1) is 0 Å². The van der Waals surface area contributed by atoms with E-state index in [9.17, 15) is 27.2 Å². The van der Waals surface area contributed by atoms with Crippen LogP contribution in [-0.2, 0) is 15.8 Å². The molecule has 1 heterocycles. The molecule has 0 spiro atoms. The van der Waals surface area contributed by atoms with Gasteiger partial charge < -0.3 is 21.7 Å². The van der Waals surface area contributed by atoms with Crippen LogP contribution in [0.5, 0.6) is 0 Å². The number of amides is 2. The van der Waals surface area contributed by atoms with Crippen LogP contribution in [0, 0.1) is 5.82 Å². The standard InChI is InChI=1S/C24H24F4N6O2/c1-3-30-12-15(11-29)21(35)34-23(9-10-23)22(36)32-14(2)19-8-7-16(13-31-19)33-20-17(24(26,27)28)5-4-6-18(20)25/h3-8,11-14,33H,1,9-10,29H2,2H3,(H,32,36)(H,34,35)/b15-11+,30-12?. The SMILES string of the molecule is C=CN=C/C(=C\N)C(=O)NC1(C(=O)NC(C)c2ccc(Nc3c(F)cccc3C(F)(F)F)cn2)CC1. The number of hydrogen-bond acceptors (Lipinski definition) is 6. The molecule has 0 bridgehead atoms. The van der Waals surface area contributed by atoms with E-state index in [1.807, 2.05) is 0 Å². The van der Waals surface area contributed by atoms with Crippen molar-refractivity contribution in [1.82, 2.24) is 15.6 Å². The number of benzene rings is 1. The average molecular weight is 504 g/mol. The number of nitrogens with two attached hydrogens (primary N) is 1. The number of anilines is 2. The van der Waals surface area contributed by atoms with E-state index in [4.69, 9.17) is 5.73 Å². The van der Waals surface area contributed by atoms with E-state index < -0.39 is 46.6 Å². The van der Waals surface area contributed by atoms with Crippen molar-refractivity contribution < 1.29 is 27.2 Å². The van der Waals surface area contributed by atoms with Gasteiger partial charge in [-0.2, -0.15) is 13.2 Å². The van der Waals surface area contributed by atoms with Gasteiger partial charge in [0, 0.05) is 18.6 Å². The summed E-state index contributed by atoms with van der Waals surface area (Å²) in [7, 11) is 0. The first-order chi connectivity index (χ1) is 17.0. The van der Waals surface area contributed by atoms with E-state index in [2.05, 4.69) is 32.5 Å². The molecule has 12 heteroatoms. The predicted molar refractivity (Wildman–Crippen MR) is 127 cm³/mol. The molecule has 0 radical (unpaired) electrons. The summed E-state index contributed by atoms with van der Waals surface area (Å²) in [5.74, 6) is -2.05. The maximum atomic E-state index is 14.1. The van der Waals surface area contributed by atoms with Crippen LogP contribution in [-0.4, -0.2) is 28.6 Å². The number of alkyl halides is 3. The van der Waals surface area contributed by atoms with Gasteiger partial charge in [-0.25, -0.2) is 4.39 Å². The monoisotopic (exact) mass is 504 g/mol. The summed E-state index contributed by atoms with van der Waals surface area (Å²) in [6.45, 7) is 5.07. The van der Waals surface area contributed by atoms with Crippen LogP contribution in [0.1, 0.15) is 37.1 Å². The Balaban J connectivity index is 1.66. The molecule has 2 aromatic rings. The highest BCUT2D eigenvalue weighted by Gasteiger charge is 2.51. The molecular weight excluding hydrogens is 480 g/mol. The molecule has 1 saturated carbocycles. The van der Waals surface area contributed by atoms with Gasteiger partial charge in [-0.3, -0.25) is 19.6 Å². The Morgan fingerprint density at radius 3 is 2.53 bits per heavy atom. The van der Waals surface area contributed by atoms with Gasteiger partial charge in [0.15, 0.2) is 0 Å². The first-order valence-electron chi connectivity index (χ1n) is 10.8. The number of aliphatic imine (C=N–C) groups is 1. The molecule has 8 nitrogen and oxygen atoms in total. The second-order valence-corrected chi connectivity index (χ2v) is 8.07. The molecule has 0 aliphatic heterocycles. The summed E-state index contributed by atoms with van der Waals surface area (Å²) in [4.78, 5) is 33.2. The lowest BCUT2D eigenvalue weighted by Gasteiger charge is -2.21. The van der Waals surface area contributed by atoms with E-state index in [0.717, 1.165) is 24.4 Å². The summed E-state index contributed by atoms with van der Waals surface area (Å²) in [5, 5.41) is 7.84. The molecule has 1 aliphatic carbocycles. The van der Waals surface area contributed by atoms with Gasteiger partial charge >= 0.3 is 6.18 Å². The quantitative estimate of drug-likeness (QED) is 0.235. The van der Waals surface area contributed by atoms with Gasteiger partial charge in [0.2, 0.25) is 5.91 Å². The van der Waals surface area contributed by atoms with Crippen LogP contribution in [0.15, 0.2) is 66.1 Å². The van der Waals surface area contributed by atoms with Crippen molar-refractivity contribution in [2.24, 2.45) is 10.7 Å². The third kappa shape index (κ3) is 6.06. The van der Waals surface area contributed by atoms with E-state index in [1.165, 1.54) is 30.7 Å². The van der Waals surface area contributed by atoms with Crippen molar-refractivity contribution in [3.05, 3.63) is 78.2 Å². The summed E-state index contributed by atoms with van der Waals surface area (Å²) in [6.07, 6.45) is 0.856. The number of para-hydroxylation sites is 1. The largest absolute Gasteiger partial charge is 0.418 e. The Labute approximate surface area is 204 Å². The number of halogens is 4. The van der Waals surface area contributed by atoms with Crippen molar-refractivity contribution in [2.75, 3.05) is 5.32 Å². The molecule has 1 aromatic carbocycles. The molecule has 1 unspecified atom stereocenters. The molecule has 1 aliphatic rings. The number of rotatable bonds is 9. The molecule has 1 atom stereocenters. The first-order valence-corrected chi connectivity index (χ1v) is 10.8. The lowest BCUT2D eigenvalue weighted by molar-refractivity contribution is -0.137. The topological polar surface area (TPSA) is 121 Å². The number of pyridine rings is 1. The Hall–Kier alpha value is -4.22. The van der Waals surface area contributed by atoms with E-state index in [1.54, 1.807) is 6.92 Å². The zero-order chi connectivity index (χ0) is 26.5. The number of hydrogen-bond donors (Lipinski definition) is 4. The Bertz CT molecular complexity index is 1200. The Morgan fingerprint density at radius 2 is 1.97 bits per heavy atom. The van der Waals surface area contributed by atoms with Crippen molar-refractivity contribution in [3.63, 3.8) is 0 Å². The molecular formula is C24H24F4N6O2. The van der Waals surface area contributed by atoms with Crippen molar-refractivity contribution in [3.8, 4) is 0 Å². The predicted octanol–water partition coefficient (Wildman–Crippen LogP) is 3.87. The molecule has 1 fully saturated rings.